The molecule has 0 aromatic carbocycles. The van der Waals surface area contributed by atoms with Gasteiger partial charge in [0.15, 0.2) is 0 Å². The van der Waals surface area contributed by atoms with Crippen molar-refractivity contribution < 1.29 is 0 Å². The monoisotopic (exact) mass is 164 g/mol. The van der Waals surface area contributed by atoms with E-state index >= 15 is 0 Å². The predicted molar refractivity (Wildman–Crippen MR) is 47.7 cm³/mol. The Balaban J connectivity index is 2.02. The quantitative estimate of drug-likeness (QED) is 0.685. The molecule has 0 unspecified atom stereocenters. The van der Waals surface area contributed by atoms with Crippen LogP contribution < -0.4 is 11.1 Å². The van der Waals surface area contributed by atoms with Gasteiger partial charge in [-0.2, -0.15) is 0 Å². The van der Waals surface area contributed by atoms with E-state index in [0.29, 0.717) is 11.9 Å². The molecule has 0 radical (unpaired) electrons. The Morgan fingerprint density at radius 3 is 2.83 bits per heavy atom. The summed E-state index contributed by atoms with van der Waals surface area (Å²) in [6, 6.07) is 0.584. The lowest BCUT2D eigenvalue weighted by Crippen LogP contribution is -2.27. The first-order valence-electron chi connectivity index (χ1n) is 4.18. The Morgan fingerprint density at radius 1 is 1.42 bits per heavy atom. The molecule has 0 atom stereocenters. The number of nitrogens with zero attached hydrogens (tertiary/aromatic N) is 2. The molecule has 12 heavy (non-hydrogen) atoms. The fourth-order valence-corrected chi connectivity index (χ4v) is 1.21. The summed E-state index contributed by atoms with van der Waals surface area (Å²) in [7, 11) is 0. The molecule has 1 aromatic rings. The van der Waals surface area contributed by atoms with E-state index < -0.39 is 0 Å². The lowest BCUT2D eigenvalue weighted by molar-refractivity contribution is 0.444. The summed E-state index contributed by atoms with van der Waals surface area (Å²) >= 11 is 0. The zero-order chi connectivity index (χ0) is 8.39. The highest BCUT2D eigenvalue weighted by atomic mass is 15.1. The molecule has 0 spiro atoms. The summed E-state index contributed by atoms with van der Waals surface area (Å²) in [4.78, 5) is 8.04. The molecule has 4 heteroatoms. The first-order valence-corrected chi connectivity index (χ1v) is 4.18. The van der Waals surface area contributed by atoms with Gasteiger partial charge in [0.25, 0.3) is 0 Å². The number of hydrogen-bond donors (Lipinski definition) is 2. The summed E-state index contributed by atoms with van der Waals surface area (Å²) in [5, 5.41) is 3.27. The van der Waals surface area contributed by atoms with Crippen LogP contribution in [0.3, 0.4) is 0 Å². The zero-order valence-electron chi connectivity index (χ0n) is 6.83. The van der Waals surface area contributed by atoms with Crippen LogP contribution in [-0.4, -0.2) is 16.0 Å². The molecule has 3 N–H and O–H groups in total. The van der Waals surface area contributed by atoms with Crippen molar-refractivity contribution >= 4 is 11.6 Å². The van der Waals surface area contributed by atoms with E-state index in [-0.39, 0.29) is 0 Å². The molecule has 1 aliphatic carbocycles. The minimum Gasteiger partial charge on any atom is -0.382 e. The van der Waals surface area contributed by atoms with Crippen molar-refractivity contribution in [3.05, 3.63) is 12.4 Å². The van der Waals surface area contributed by atoms with Crippen LogP contribution in [0.4, 0.5) is 11.6 Å². The molecule has 0 amide bonds. The van der Waals surface area contributed by atoms with Gasteiger partial charge < -0.3 is 11.1 Å². The number of hydrogen-bond acceptors (Lipinski definition) is 4. The topological polar surface area (TPSA) is 63.8 Å². The van der Waals surface area contributed by atoms with Crippen LogP contribution in [0.25, 0.3) is 0 Å². The van der Waals surface area contributed by atoms with Crippen LogP contribution in [-0.2, 0) is 0 Å². The average molecular weight is 164 g/mol. The molecular formula is C8H12N4. The van der Waals surface area contributed by atoms with Crippen molar-refractivity contribution in [1.29, 1.82) is 0 Å². The van der Waals surface area contributed by atoms with Crippen molar-refractivity contribution in [2.45, 2.75) is 25.3 Å². The van der Waals surface area contributed by atoms with E-state index in [9.17, 15) is 0 Å². The molecule has 0 bridgehead atoms. The van der Waals surface area contributed by atoms with E-state index in [1.165, 1.54) is 19.3 Å². The predicted octanol–water partition coefficient (Wildman–Crippen LogP) is 1.02. The number of aromatic nitrogens is 2. The third-order valence-corrected chi connectivity index (χ3v) is 2.11. The second kappa shape index (κ2) is 2.97. The van der Waals surface area contributed by atoms with E-state index in [2.05, 4.69) is 15.3 Å². The van der Waals surface area contributed by atoms with Crippen molar-refractivity contribution in [2.75, 3.05) is 11.1 Å². The van der Waals surface area contributed by atoms with E-state index in [4.69, 9.17) is 5.73 Å². The lowest BCUT2D eigenvalue weighted by atomic mass is 9.93. The molecule has 1 aromatic heterocycles. The Bertz CT molecular complexity index is 270. The van der Waals surface area contributed by atoms with Gasteiger partial charge >= 0.3 is 0 Å². The van der Waals surface area contributed by atoms with E-state index in [1.807, 2.05) is 0 Å². The SMILES string of the molecule is Nc1cncc(NC2CCC2)n1. The second-order valence-corrected chi connectivity index (χ2v) is 3.10. The van der Waals surface area contributed by atoms with Crippen molar-refractivity contribution in [1.82, 2.24) is 9.97 Å². The van der Waals surface area contributed by atoms with Gasteiger partial charge in [-0.3, -0.25) is 4.98 Å². The lowest BCUT2D eigenvalue weighted by Gasteiger charge is -2.26. The van der Waals surface area contributed by atoms with Gasteiger partial charge in [-0.15, -0.1) is 0 Å². The molecular weight excluding hydrogens is 152 g/mol. The Kier molecular flexibility index (Phi) is 1.81. The highest BCUT2D eigenvalue weighted by molar-refractivity contribution is 5.39. The van der Waals surface area contributed by atoms with Crippen LogP contribution in [0, 0.1) is 0 Å². The van der Waals surface area contributed by atoms with Gasteiger partial charge in [0.1, 0.15) is 11.6 Å². The van der Waals surface area contributed by atoms with Gasteiger partial charge in [0.2, 0.25) is 0 Å². The highest BCUT2D eigenvalue weighted by Crippen LogP contribution is 2.21. The van der Waals surface area contributed by atoms with Gasteiger partial charge in [-0.05, 0) is 19.3 Å². The summed E-state index contributed by atoms with van der Waals surface area (Å²) in [5.41, 5.74) is 5.48. The summed E-state index contributed by atoms with van der Waals surface area (Å²) < 4.78 is 0. The maximum absolute atomic E-state index is 5.48. The smallest absolute Gasteiger partial charge is 0.147 e. The minimum absolute atomic E-state index is 0.472. The van der Waals surface area contributed by atoms with Crippen LogP contribution in [0.5, 0.6) is 0 Å². The van der Waals surface area contributed by atoms with Crippen LogP contribution in [0.2, 0.25) is 0 Å². The molecule has 1 heterocycles. The molecule has 1 saturated carbocycles. The highest BCUT2D eigenvalue weighted by Gasteiger charge is 2.17. The minimum atomic E-state index is 0.472. The molecule has 64 valence electrons. The largest absolute Gasteiger partial charge is 0.382 e. The molecule has 0 saturated heterocycles. The third-order valence-electron chi connectivity index (χ3n) is 2.11. The fraction of sp³-hybridized carbons (Fsp3) is 0.500. The van der Waals surface area contributed by atoms with Crippen molar-refractivity contribution in [2.24, 2.45) is 0 Å². The van der Waals surface area contributed by atoms with Gasteiger partial charge in [0.05, 0.1) is 12.4 Å². The number of nitrogens with one attached hydrogen (secondary N) is 1. The third kappa shape index (κ3) is 1.47. The van der Waals surface area contributed by atoms with Crippen LogP contribution in [0.15, 0.2) is 12.4 Å². The molecule has 0 aliphatic heterocycles. The molecule has 4 nitrogen and oxygen atoms in total. The fourth-order valence-electron chi connectivity index (χ4n) is 1.21. The summed E-state index contributed by atoms with van der Waals surface area (Å²) in [6.07, 6.45) is 7.03. The molecule has 1 aliphatic rings. The normalized spacial score (nSPS) is 17.0. The van der Waals surface area contributed by atoms with Gasteiger partial charge in [-0.25, -0.2) is 4.98 Å². The number of nitrogens with two attached hydrogens (primary N) is 1. The Morgan fingerprint density at radius 2 is 2.25 bits per heavy atom. The second-order valence-electron chi connectivity index (χ2n) is 3.10. The van der Waals surface area contributed by atoms with Gasteiger partial charge in [-0.1, -0.05) is 0 Å². The van der Waals surface area contributed by atoms with Crippen molar-refractivity contribution in [3.63, 3.8) is 0 Å². The van der Waals surface area contributed by atoms with Gasteiger partial charge in [0, 0.05) is 6.04 Å². The van der Waals surface area contributed by atoms with Crippen molar-refractivity contribution in [3.8, 4) is 0 Å². The maximum Gasteiger partial charge on any atom is 0.147 e. The average Bonchev–Trinajstić information content (AvgIpc) is 1.97. The molecule has 1 fully saturated rings. The summed E-state index contributed by atoms with van der Waals surface area (Å²) in [6.45, 7) is 0. The van der Waals surface area contributed by atoms with E-state index in [1.54, 1.807) is 12.4 Å². The van der Waals surface area contributed by atoms with Crippen LogP contribution in [0.1, 0.15) is 19.3 Å². The number of anilines is 2. The summed E-state index contributed by atoms with van der Waals surface area (Å²) in [5.74, 6) is 1.26. The Hall–Kier alpha value is -1.32. The molecule has 2 rings (SSSR count). The maximum atomic E-state index is 5.48. The zero-order valence-corrected chi connectivity index (χ0v) is 6.83. The first-order chi connectivity index (χ1) is 5.84. The Labute approximate surface area is 71.2 Å². The first kappa shape index (κ1) is 7.34. The standard InChI is InChI=1S/C8H12N4/c9-7-4-10-5-8(12-7)11-6-2-1-3-6/h4-6H,1-3H2,(H3,9,11,12). The number of rotatable bonds is 2. The van der Waals surface area contributed by atoms with Crippen LogP contribution >= 0.6 is 0 Å². The van der Waals surface area contributed by atoms with E-state index in [0.717, 1.165) is 5.82 Å². The number of nitrogen functional groups attached to an aromatic ring is 1.